The minimum Gasteiger partial charge on any atom is -0.381 e. The van der Waals surface area contributed by atoms with Gasteiger partial charge in [0.1, 0.15) is 5.60 Å². The summed E-state index contributed by atoms with van der Waals surface area (Å²) in [5, 5.41) is 10.8. The molecule has 0 saturated carbocycles. The number of hydrogen-bond donors (Lipinski definition) is 1. The van der Waals surface area contributed by atoms with Gasteiger partial charge >= 0.3 is 0 Å². The normalized spacial score (nSPS) is 14.0. The molecule has 1 unspecified atom stereocenters. The summed E-state index contributed by atoms with van der Waals surface area (Å²) in [5.74, 6) is 0. The number of rotatable bonds is 5. The largest absolute Gasteiger partial charge is 0.381 e. The van der Waals surface area contributed by atoms with E-state index in [0.29, 0.717) is 0 Å². The topological polar surface area (TPSA) is 20.2 Å². The first-order valence-electron chi connectivity index (χ1n) is 7.49. The van der Waals surface area contributed by atoms with E-state index < -0.39 is 5.60 Å². The van der Waals surface area contributed by atoms with Crippen LogP contribution in [0.1, 0.15) is 49.4 Å². The van der Waals surface area contributed by atoms with Crippen molar-refractivity contribution in [3.05, 3.63) is 70.8 Å². The van der Waals surface area contributed by atoms with Gasteiger partial charge in [0, 0.05) is 0 Å². The number of hydrogen-bond acceptors (Lipinski definition) is 1. The lowest BCUT2D eigenvalue weighted by molar-refractivity contribution is 0.102. The summed E-state index contributed by atoms with van der Waals surface area (Å²) in [6.07, 6.45) is 3.26. The summed E-state index contributed by atoms with van der Waals surface area (Å²) in [5.41, 5.74) is 3.58. The lowest BCUT2D eigenvalue weighted by atomic mass is 9.87. The van der Waals surface area contributed by atoms with Crippen LogP contribution in [0.3, 0.4) is 0 Å². The predicted molar refractivity (Wildman–Crippen MR) is 84.9 cm³/mol. The SMILES string of the molecule is CCCc1ccc(C(C)(O)c2ccc(CC)cc2)cc1. The van der Waals surface area contributed by atoms with Crippen molar-refractivity contribution in [2.75, 3.05) is 0 Å². The third-order valence-electron chi connectivity index (χ3n) is 3.98. The second kappa shape index (κ2) is 6.23. The van der Waals surface area contributed by atoms with Gasteiger partial charge in [-0.15, -0.1) is 0 Å². The highest BCUT2D eigenvalue weighted by atomic mass is 16.3. The molecule has 1 N–H and O–H groups in total. The maximum absolute atomic E-state index is 10.8. The maximum atomic E-state index is 10.8. The minimum atomic E-state index is -0.934. The quantitative estimate of drug-likeness (QED) is 0.849. The van der Waals surface area contributed by atoms with Gasteiger partial charge in [-0.2, -0.15) is 0 Å². The van der Waals surface area contributed by atoms with Crippen LogP contribution < -0.4 is 0 Å². The van der Waals surface area contributed by atoms with E-state index in [9.17, 15) is 5.11 Å². The summed E-state index contributed by atoms with van der Waals surface area (Å²) >= 11 is 0. The summed E-state index contributed by atoms with van der Waals surface area (Å²) in [6, 6.07) is 16.6. The van der Waals surface area contributed by atoms with E-state index in [4.69, 9.17) is 0 Å². The van der Waals surface area contributed by atoms with Crippen molar-refractivity contribution in [2.24, 2.45) is 0 Å². The second-order valence-electron chi connectivity index (χ2n) is 5.57. The summed E-state index contributed by atoms with van der Waals surface area (Å²) in [7, 11) is 0. The summed E-state index contributed by atoms with van der Waals surface area (Å²) < 4.78 is 0. The van der Waals surface area contributed by atoms with Gasteiger partial charge in [0.25, 0.3) is 0 Å². The van der Waals surface area contributed by atoms with Gasteiger partial charge in [-0.1, -0.05) is 68.8 Å². The Kier molecular flexibility index (Phi) is 4.61. The lowest BCUT2D eigenvalue weighted by Crippen LogP contribution is -2.22. The van der Waals surface area contributed by atoms with Crippen LogP contribution in [-0.4, -0.2) is 5.11 Å². The van der Waals surface area contributed by atoms with E-state index in [1.54, 1.807) is 0 Å². The van der Waals surface area contributed by atoms with Crippen molar-refractivity contribution < 1.29 is 5.11 Å². The minimum absolute atomic E-state index is 0.934. The molecule has 0 fully saturated rings. The third-order valence-corrected chi connectivity index (χ3v) is 3.98. The molecule has 0 amide bonds. The molecule has 2 aromatic carbocycles. The molecule has 1 atom stereocenters. The van der Waals surface area contributed by atoms with Gasteiger partial charge < -0.3 is 5.11 Å². The molecule has 0 spiro atoms. The molecular formula is C19H24O. The van der Waals surface area contributed by atoms with E-state index in [-0.39, 0.29) is 0 Å². The van der Waals surface area contributed by atoms with Crippen LogP contribution in [0.4, 0.5) is 0 Å². The van der Waals surface area contributed by atoms with Gasteiger partial charge in [0.2, 0.25) is 0 Å². The molecule has 2 rings (SSSR count). The Morgan fingerprint density at radius 2 is 1.25 bits per heavy atom. The standard InChI is InChI=1S/C19H24O/c1-4-6-16-9-13-18(14-10-16)19(3,20)17-11-7-15(5-2)8-12-17/h7-14,20H,4-6H2,1-3H3. The molecule has 0 radical (unpaired) electrons. The molecule has 0 aliphatic carbocycles. The summed E-state index contributed by atoms with van der Waals surface area (Å²) in [4.78, 5) is 0. The van der Waals surface area contributed by atoms with Crippen molar-refractivity contribution in [1.82, 2.24) is 0 Å². The van der Waals surface area contributed by atoms with E-state index in [0.717, 1.165) is 30.4 Å². The average Bonchev–Trinajstić information content (AvgIpc) is 2.48. The van der Waals surface area contributed by atoms with Crippen LogP contribution >= 0.6 is 0 Å². The molecule has 0 heterocycles. The number of aryl methyl sites for hydroxylation is 2. The summed E-state index contributed by atoms with van der Waals surface area (Å²) in [6.45, 7) is 6.18. The third kappa shape index (κ3) is 3.10. The van der Waals surface area contributed by atoms with Crippen molar-refractivity contribution >= 4 is 0 Å². The fourth-order valence-corrected chi connectivity index (χ4v) is 2.52. The Hall–Kier alpha value is -1.60. The maximum Gasteiger partial charge on any atom is 0.112 e. The van der Waals surface area contributed by atoms with E-state index in [1.165, 1.54) is 11.1 Å². The first kappa shape index (κ1) is 14.8. The smallest absolute Gasteiger partial charge is 0.112 e. The Morgan fingerprint density at radius 1 is 0.800 bits per heavy atom. The Labute approximate surface area is 122 Å². The van der Waals surface area contributed by atoms with Crippen molar-refractivity contribution in [3.8, 4) is 0 Å². The first-order chi connectivity index (χ1) is 9.57. The highest BCUT2D eigenvalue weighted by molar-refractivity contribution is 5.37. The fraction of sp³-hybridized carbons (Fsp3) is 0.368. The fourth-order valence-electron chi connectivity index (χ4n) is 2.52. The molecule has 106 valence electrons. The zero-order chi connectivity index (χ0) is 14.6. The van der Waals surface area contributed by atoms with Crippen molar-refractivity contribution in [3.63, 3.8) is 0 Å². The lowest BCUT2D eigenvalue weighted by Gasteiger charge is -2.25. The highest BCUT2D eigenvalue weighted by Gasteiger charge is 2.25. The van der Waals surface area contributed by atoms with Gasteiger partial charge in [0.05, 0.1) is 0 Å². The van der Waals surface area contributed by atoms with Gasteiger partial charge in [-0.05, 0) is 42.0 Å². The van der Waals surface area contributed by atoms with E-state index >= 15 is 0 Å². The van der Waals surface area contributed by atoms with E-state index in [2.05, 4.69) is 38.1 Å². The Balaban J connectivity index is 2.27. The van der Waals surface area contributed by atoms with Crippen molar-refractivity contribution in [1.29, 1.82) is 0 Å². The van der Waals surface area contributed by atoms with Gasteiger partial charge in [0.15, 0.2) is 0 Å². The Morgan fingerprint density at radius 3 is 1.65 bits per heavy atom. The van der Waals surface area contributed by atoms with Crippen molar-refractivity contribution in [2.45, 2.75) is 45.6 Å². The van der Waals surface area contributed by atoms with Crippen LogP contribution in [-0.2, 0) is 18.4 Å². The number of aliphatic hydroxyl groups is 1. The molecule has 20 heavy (non-hydrogen) atoms. The molecule has 0 aliphatic rings. The highest BCUT2D eigenvalue weighted by Crippen LogP contribution is 2.29. The van der Waals surface area contributed by atoms with Crippen LogP contribution in [0.15, 0.2) is 48.5 Å². The molecule has 1 heteroatoms. The monoisotopic (exact) mass is 268 g/mol. The molecule has 0 bridgehead atoms. The molecule has 0 aliphatic heterocycles. The van der Waals surface area contributed by atoms with Crippen LogP contribution in [0, 0.1) is 0 Å². The van der Waals surface area contributed by atoms with Crippen LogP contribution in [0.25, 0.3) is 0 Å². The van der Waals surface area contributed by atoms with Crippen LogP contribution in [0.2, 0.25) is 0 Å². The molecule has 2 aromatic rings. The first-order valence-corrected chi connectivity index (χ1v) is 7.49. The molecule has 0 saturated heterocycles. The van der Waals surface area contributed by atoms with Crippen LogP contribution in [0.5, 0.6) is 0 Å². The van der Waals surface area contributed by atoms with Gasteiger partial charge in [-0.25, -0.2) is 0 Å². The predicted octanol–water partition coefficient (Wildman–Crippen LogP) is 4.46. The average molecular weight is 268 g/mol. The molecule has 0 aromatic heterocycles. The number of benzene rings is 2. The second-order valence-corrected chi connectivity index (χ2v) is 5.57. The zero-order valence-corrected chi connectivity index (χ0v) is 12.7. The van der Waals surface area contributed by atoms with E-state index in [1.807, 2.05) is 31.2 Å². The zero-order valence-electron chi connectivity index (χ0n) is 12.7. The molecule has 1 nitrogen and oxygen atoms in total. The Bertz CT molecular complexity index is 535. The molecular weight excluding hydrogens is 244 g/mol. The van der Waals surface area contributed by atoms with Gasteiger partial charge in [-0.3, -0.25) is 0 Å².